The van der Waals surface area contributed by atoms with Crippen LogP contribution in [0, 0.1) is 0 Å². The van der Waals surface area contributed by atoms with Gasteiger partial charge in [0.25, 0.3) is 0 Å². The SMILES string of the molecule is CCOC(=O)N1CCCc2sc(OC(=O)O)cc2C1. The van der Waals surface area contributed by atoms with Gasteiger partial charge in [-0.1, -0.05) is 0 Å². The zero-order chi connectivity index (χ0) is 13.8. The van der Waals surface area contributed by atoms with Crippen LogP contribution in [0.1, 0.15) is 23.8 Å². The summed E-state index contributed by atoms with van der Waals surface area (Å²) in [5, 5.41) is 8.94. The van der Waals surface area contributed by atoms with Crippen LogP contribution in [0.25, 0.3) is 0 Å². The molecule has 6 nitrogen and oxygen atoms in total. The van der Waals surface area contributed by atoms with E-state index in [4.69, 9.17) is 9.84 Å². The number of carbonyl (C=O) groups is 2. The molecule has 0 radical (unpaired) electrons. The fourth-order valence-corrected chi connectivity index (χ4v) is 3.06. The molecule has 0 spiro atoms. The molecule has 0 saturated heterocycles. The van der Waals surface area contributed by atoms with E-state index in [9.17, 15) is 9.59 Å². The average Bonchev–Trinajstić information content (AvgIpc) is 2.58. The van der Waals surface area contributed by atoms with Crippen molar-refractivity contribution in [2.75, 3.05) is 13.2 Å². The van der Waals surface area contributed by atoms with Gasteiger partial charge >= 0.3 is 12.2 Å². The quantitative estimate of drug-likeness (QED) is 0.845. The predicted octanol–water partition coefficient (Wildman–Crippen LogP) is 2.71. The van der Waals surface area contributed by atoms with E-state index >= 15 is 0 Å². The molecule has 0 saturated carbocycles. The van der Waals surface area contributed by atoms with Gasteiger partial charge in [0.15, 0.2) is 5.06 Å². The van der Waals surface area contributed by atoms with E-state index in [1.807, 2.05) is 0 Å². The zero-order valence-electron chi connectivity index (χ0n) is 10.5. The van der Waals surface area contributed by atoms with Crippen molar-refractivity contribution in [2.45, 2.75) is 26.3 Å². The van der Waals surface area contributed by atoms with Crippen molar-refractivity contribution in [3.05, 3.63) is 16.5 Å². The van der Waals surface area contributed by atoms with Crippen molar-refractivity contribution in [1.82, 2.24) is 4.90 Å². The summed E-state index contributed by atoms with van der Waals surface area (Å²) in [5.74, 6) is 0. The summed E-state index contributed by atoms with van der Waals surface area (Å²) in [7, 11) is 0. The van der Waals surface area contributed by atoms with Gasteiger partial charge in [0.1, 0.15) is 0 Å². The number of hydrogen-bond acceptors (Lipinski definition) is 5. The summed E-state index contributed by atoms with van der Waals surface area (Å²) in [4.78, 5) is 24.9. The van der Waals surface area contributed by atoms with E-state index in [0.29, 0.717) is 24.8 Å². The molecule has 0 aromatic carbocycles. The molecule has 2 heterocycles. The van der Waals surface area contributed by atoms with Crippen molar-refractivity contribution in [2.24, 2.45) is 0 Å². The normalized spacial score (nSPS) is 14.5. The van der Waals surface area contributed by atoms with Crippen molar-refractivity contribution in [3.63, 3.8) is 0 Å². The molecule has 0 unspecified atom stereocenters. The summed E-state index contributed by atoms with van der Waals surface area (Å²) in [6.45, 7) is 3.20. The van der Waals surface area contributed by atoms with Crippen LogP contribution in [0.3, 0.4) is 0 Å². The Morgan fingerprint density at radius 1 is 1.53 bits per heavy atom. The van der Waals surface area contributed by atoms with E-state index < -0.39 is 6.16 Å². The average molecular weight is 285 g/mol. The van der Waals surface area contributed by atoms with E-state index in [0.717, 1.165) is 23.3 Å². The Balaban J connectivity index is 2.12. The van der Waals surface area contributed by atoms with E-state index in [1.165, 1.54) is 11.3 Å². The number of thiophene rings is 1. The Bertz CT molecular complexity index is 484. The van der Waals surface area contributed by atoms with Crippen LogP contribution in [0.5, 0.6) is 5.06 Å². The number of amides is 1. The van der Waals surface area contributed by atoms with Gasteiger partial charge in [-0.15, -0.1) is 11.3 Å². The van der Waals surface area contributed by atoms with Gasteiger partial charge in [-0.2, -0.15) is 0 Å². The van der Waals surface area contributed by atoms with Crippen LogP contribution in [0.15, 0.2) is 6.07 Å². The number of nitrogens with zero attached hydrogens (tertiary/aromatic N) is 1. The van der Waals surface area contributed by atoms with Gasteiger partial charge in [-0.25, -0.2) is 9.59 Å². The Hall–Kier alpha value is -1.76. The second kappa shape index (κ2) is 5.92. The lowest BCUT2D eigenvalue weighted by Crippen LogP contribution is -2.31. The third-order valence-corrected chi connectivity index (χ3v) is 3.90. The second-order valence-electron chi connectivity index (χ2n) is 4.11. The molecule has 1 aliphatic rings. The van der Waals surface area contributed by atoms with Crippen LogP contribution < -0.4 is 4.74 Å². The van der Waals surface area contributed by atoms with Crippen molar-refractivity contribution < 1.29 is 24.2 Å². The molecule has 2 rings (SSSR count). The standard InChI is InChI=1S/C12H15NO5S/c1-2-17-11(14)13-5-3-4-9-8(7-13)6-10(19-9)18-12(15)16/h6H,2-5,7H2,1H3,(H,15,16). The number of ether oxygens (including phenoxy) is 2. The zero-order valence-corrected chi connectivity index (χ0v) is 11.4. The van der Waals surface area contributed by atoms with Crippen molar-refractivity contribution in [1.29, 1.82) is 0 Å². The first-order chi connectivity index (χ1) is 9.10. The maximum absolute atomic E-state index is 11.7. The molecule has 0 aliphatic carbocycles. The lowest BCUT2D eigenvalue weighted by Gasteiger charge is -2.19. The Morgan fingerprint density at radius 3 is 3.00 bits per heavy atom. The third-order valence-electron chi connectivity index (χ3n) is 2.78. The smallest absolute Gasteiger partial charge is 0.450 e. The van der Waals surface area contributed by atoms with Crippen LogP contribution in [-0.4, -0.2) is 35.4 Å². The summed E-state index contributed by atoms with van der Waals surface area (Å²) < 4.78 is 9.64. The Labute approximate surface area is 114 Å². The van der Waals surface area contributed by atoms with Gasteiger partial charge in [0.2, 0.25) is 0 Å². The number of rotatable bonds is 2. The van der Waals surface area contributed by atoms with Gasteiger partial charge in [0, 0.05) is 11.4 Å². The first-order valence-corrected chi connectivity index (χ1v) is 6.86. The number of fused-ring (bicyclic) bond motifs is 1. The number of carboxylic acid groups (broad SMARTS) is 1. The van der Waals surface area contributed by atoms with Gasteiger partial charge in [-0.3, -0.25) is 0 Å². The Kier molecular flexibility index (Phi) is 4.26. The highest BCUT2D eigenvalue weighted by molar-refractivity contribution is 7.14. The topological polar surface area (TPSA) is 76.1 Å². The first kappa shape index (κ1) is 13.7. The molecule has 1 aromatic rings. The Morgan fingerprint density at radius 2 is 2.32 bits per heavy atom. The summed E-state index contributed by atoms with van der Waals surface area (Å²) in [5.41, 5.74) is 0.937. The predicted molar refractivity (Wildman–Crippen MR) is 68.7 cm³/mol. The number of hydrogen-bond donors (Lipinski definition) is 1. The van der Waals surface area contributed by atoms with Crippen LogP contribution in [-0.2, 0) is 17.7 Å². The molecule has 7 heteroatoms. The molecule has 19 heavy (non-hydrogen) atoms. The molecule has 104 valence electrons. The minimum absolute atomic E-state index is 0.331. The molecule has 1 aromatic heterocycles. The minimum Gasteiger partial charge on any atom is -0.450 e. The highest BCUT2D eigenvalue weighted by atomic mass is 32.1. The van der Waals surface area contributed by atoms with Crippen LogP contribution >= 0.6 is 11.3 Å². The summed E-state index contributed by atoms with van der Waals surface area (Å²) >= 11 is 1.32. The fourth-order valence-electron chi connectivity index (χ4n) is 2.01. The fraction of sp³-hybridized carbons (Fsp3) is 0.500. The number of carbonyl (C=O) groups excluding carboxylic acids is 1. The van der Waals surface area contributed by atoms with E-state index in [1.54, 1.807) is 17.9 Å². The van der Waals surface area contributed by atoms with Gasteiger partial charge < -0.3 is 19.5 Å². The molecule has 0 atom stereocenters. The monoisotopic (exact) mass is 285 g/mol. The largest absolute Gasteiger partial charge is 0.512 e. The maximum Gasteiger partial charge on any atom is 0.512 e. The summed E-state index contributed by atoms with van der Waals surface area (Å²) in [6.07, 6.45) is -0.00142. The second-order valence-corrected chi connectivity index (χ2v) is 5.21. The van der Waals surface area contributed by atoms with Crippen molar-refractivity contribution >= 4 is 23.6 Å². The highest BCUT2D eigenvalue weighted by Crippen LogP contribution is 2.33. The first-order valence-electron chi connectivity index (χ1n) is 6.04. The molecule has 1 N–H and O–H groups in total. The highest BCUT2D eigenvalue weighted by Gasteiger charge is 2.22. The van der Waals surface area contributed by atoms with E-state index in [-0.39, 0.29) is 6.09 Å². The molecular formula is C12H15NO5S. The minimum atomic E-state index is -1.32. The lowest BCUT2D eigenvalue weighted by atomic mass is 10.2. The maximum atomic E-state index is 11.7. The van der Waals surface area contributed by atoms with Crippen molar-refractivity contribution in [3.8, 4) is 5.06 Å². The molecule has 0 bridgehead atoms. The molecule has 1 amide bonds. The van der Waals surface area contributed by atoms with Gasteiger partial charge in [-0.05, 0) is 31.4 Å². The molecule has 0 fully saturated rings. The molecule has 1 aliphatic heterocycles. The lowest BCUT2D eigenvalue weighted by molar-refractivity contribution is 0.105. The van der Waals surface area contributed by atoms with Crippen LogP contribution in [0.2, 0.25) is 0 Å². The van der Waals surface area contributed by atoms with Gasteiger partial charge in [0.05, 0.1) is 13.2 Å². The van der Waals surface area contributed by atoms with E-state index in [2.05, 4.69) is 4.74 Å². The van der Waals surface area contributed by atoms with Crippen LogP contribution in [0.4, 0.5) is 9.59 Å². The third kappa shape index (κ3) is 3.37. The summed E-state index contributed by atoms with van der Waals surface area (Å²) in [6, 6.07) is 1.69. The number of aryl methyl sites for hydroxylation is 1. The molecular weight excluding hydrogens is 270 g/mol.